The summed E-state index contributed by atoms with van der Waals surface area (Å²) in [5, 5.41) is 6.45. The molecule has 4 unspecified atom stereocenters. The van der Waals surface area contributed by atoms with Gasteiger partial charge < -0.3 is 15.4 Å². The van der Waals surface area contributed by atoms with Gasteiger partial charge in [0, 0.05) is 6.04 Å². The lowest BCUT2D eigenvalue weighted by molar-refractivity contribution is -0.128. The first-order valence-electron chi connectivity index (χ1n) is 7.99. The van der Waals surface area contributed by atoms with Crippen molar-refractivity contribution in [2.24, 2.45) is 11.8 Å². The molecular weight excluding hydrogens is 264 g/mol. The van der Waals surface area contributed by atoms with E-state index in [9.17, 15) is 4.79 Å². The van der Waals surface area contributed by atoms with E-state index in [0.29, 0.717) is 18.5 Å². The molecule has 2 N–H and O–H groups in total. The standard InChI is InChI=1S/C17H24N2O2/c1-3-12-8-9-13(11(12)2)19-17(20)16-10-18-14-6-4-5-7-15(14)21-16/h4-7,11-13,16,18H,3,8-10H2,1-2H3,(H,19,20). The van der Waals surface area contributed by atoms with E-state index in [1.807, 2.05) is 24.3 Å². The Labute approximate surface area is 126 Å². The molecule has 1 saturated carbocycles. The maximum absolute atomic E-state index is 12.4. The molecule has 1 fully saturated rings. The Bertz CT molecular complexity index is 517. The molecule has 0 aromatic heterocycles. The van der Waals surface area contributed by atoms with Gasteiger partial charge in [0.25, 0.3) is 5.91 Å². The van der Waals surface area contributed by atoms with Crippen molar-refractivity contribution in [2.75, 3.05) is 11.9 Å². The third-order valence-corrected chi connectivity index (χ3v) is 5.01. The Morgan fingerprint density at radius 2 is 2.19 bits per heavy atom. The van der Waals surface area contributed by atoms with Crippen LogP contribution in [0.5, 0.6) is 5.75 Å². The Hall–Kier alpha value is -1.71. The summed E-state index contributed by atoms with van der Waals surface area (Å²) in [6.07, 6.45) is 3.06. The van der Waals surface area contributed by atoms with Crippen LogP contribution in [0.2, 0.25) is 0 Å². The number of para-hydroxylation sites is 2. The zero-order valence-corrected chi connectivity index (χ0v) is 12.8. The number of benzene rings is 1. The smallest absolute Gasteiger partial charge is 0.263 e. The van der Waals surface area contributed by atoms with Crippen molar-refractivity contribution < 1.29 is 9.53 Å². The Balaban J connectivity index is 1.60. The van der Waals surface area contributed by atoms with Gasteiger partial charge in [0.05, 0.1) is 12.2 Å². The van der Waals surface area contributed by atoms with E-state index >= 15 is 0 Å². The summed E-state index contributed by atoms with van der Waals surface area (Å²) in [6, 6.07) is 8.04. The van der Waals surface area contributed by atoms with Gasteiger partial charge in [-0.3, -0.25) is 4.79 Å². The van der Waals surface area contributed by atoms with Crippen molar-refractivity contribution in [3.8, 4) is 5.75 Å². The number of carbonyl (C=O) groups excluding carboxylic acids is 1. The fourth-order valence-electron chi connectivity index (χ4n) is 3.56. The topological polar surface area (TPSA) is 50.4 Å². The lowest BCUT2D eigenvalue weighted by Crippen LogP contribution is -2.49. The summed E-state index contributed by atoms with van der Waals surface area (Å²) >= 11 is 0. The van der Waals surface area contributed by atoms with Gasteiger partial charge in [-0.2, -0.15) is 0 Å². The number of hydrogen-bond donors (Lipinski definition) is 2. The number of fused-ring (bicyclic) bond motifs is 1. The third-order valence-electron chi connectivity index (χ3n) is 5.01. The second-order valence-corrected chi connectivity index (χ2v) is 6.20. The SMILES string of the molecule is CCC1CCC(NC(=O)C2CNc3ccccc3O2)C1C. The van der Waals surface area contributed by atoms with Gasteiger partial charge in [0.1, 0.15) is 5.75 Å². The van der Waals surface area contributed by atoms with E-state index in [-0.39, 0.29) is 5.91 Å². The minimum atomic E-state index is -0.437. The molecule has 2 aliphatic rings. The summed E-state index contributed by atoms with van der Waals surface area (Å²) in [5.74, 6) is 2.06. The molecule has 1 aromatic carbocycles. The highest BCUT2D eigenvalue weighted by Crippen LogP contribution is 2.34. The van der Waals surface area contributed by atoms with Gasteiger partial charge >= 0.3 is 0 Å². The molecule has 4 atom stereocenters. The van der Waals surface area contributed by atoms with Crippen molar-refractivity contribution in [3.63, 3.8) is 0 Å². The maximum Gasteiger partial charge on any atom is 0.263 e. The highest BCUT2D eigenvalue weighted by Gasteiger charge is 2.35. The summed E-state index contributed by atoms with van der Waals surface area (Å²) < 4.78 is 5.82. The Morgan fingerprint density at radius 3 is 2.95 bits per heavy atom. The van der Waals surface area contributed by atoms with Crippen molar-refractivity contribution >= 4 is 11.6 Å². The normalized spacial score (nSPS) is 31.0. The lowest BCUT2D eigenvalue weighted by atomic mass is 9.93. The van der Waals surface area contributed by atoms with Crippen LogP contribution in [0.25, 0.3) is 0 Å². The van der Waals surface area contributed by atoms with E-state index in [0.717, 1.165) is 23.8 Å². The first-order valence-corrected chi connectivity index (χ1v) is 7.99. The largest absolute Gasteiger partial charge is 0.477 e. The average molecular weight is 288 g/mol. The van der Waals surface area contributed by atoms with Crippen LogP contribution in [-0.4, -0.2) is 24.6 Å². The van der Waals surface area contributed by atoms with Crippen LogP contribution in [0.4, 0.5) is 5.69 Å². The van der Waals surface area contributed by atoms with Crippen LogP contribution in [0, 0.1) is 11.8 Å². The van der Waals surface area contributed by atoms with Crippen molar-refractivity contribution in [1.82, 2.24) is 5.32 Å². The molecule has 1 aliphatic carbocycles. The summed E-state index contributed by atoms with van der Waals surface area (Å²) in [6.45, 7) is 5.01. The molecule has 0 radical (unpaired) electrons. The van der Waals surface area contributed by atoms with E-state index in [1.165, 1.54) is 12.8 Å². The van der Waals surface area contributed by atoms with Gasteiger partial charge in [0.15, 0.2) is 6.10 Å². The number of amides is 1. The first kappa shape index (κ1) is 14.2. The highest BCUT2D eigenvalue weighted by molar-refractivity contribution is 5.83. The fraction of sp³-hybridized carbons (Fsp3) is 0.588. The molecule has 1 aromatic rings. The van der Waals surface area contributed by atoms with Gasteiger partial charge in [0.2, 0.25) is 0 Å². The molecule has 4 heteroatoms. The highest BCUT2D eigenvalue weighted by atomic mass is 16.5. The third kappa shape index (κ3) is 2.85. The molecular formula is C17H24N2O2. The van der Waals surface area contributed by atoms with Crippen molar-refractivity contribution in [3.05, 3.63) is 24.3 Å². The van der Waals surface area contributed by atoms with Gasteiger partial charge in [-0.15, -0.1) is 0 Å². The van der Waals surface area contributed by atoms with Gasteiger partial charge in [-0.05, 0) is 36.8 Å². The monoisotopic (exact) mass is 288 g/mol. The Morgan fingerprint density at radius 1 is 1.38 bits per heavy atom. The molecule has 4 nitrogen and oxygen atoms in total. The molecule has 0 spiro atoms. The quantitative estimate of drug-likeness (QED) is 0.899. The van der Waals surface area contributed by atoms with Crippen molar-refractivity contribution in [1.29, 1.82) is 0 Å². The summed E-state index contributed by atoms with van der Waals surface area (Å²) in [5.41, 5.74) is 0.960. The predicted octanol–water partition coefficient (Wildman–Crippen LogP) is 2.80. The van der Waals surface area contributed by atoms with Gasteiger partial charge in [-0.1, -0.05) is 32.4 Å². The maximum atomic E-state index is 12.4. The van der Waals surface area contributed by atoms with Crippen molar-refractivity contribution in [2.45, 2.75) is 45.3 Å². The fourth-order valence-corrected chi connectivity index (χ4v) is 3.56. The van der Waals surface area contributed by atoms with Crippen LogP contribution in [-0.2, 0) is 4.79 Å². The minimum absolute atomic E-state index is 0.00519. The predicted molar refractivity (Wildman–Crippen MR) is 83.5 cm³/mol. The summed E-state index contributed by atoms with van der Waals surface area (Å²) in [4.78, 5) is 12.4. The van der Waals surface area contributed by atoms with E-state index in [2.05, 4.69) is 24.5 Å². The zero-order chi connectivity index (χ0) is 14.8. The average Bonchev–Trinajstić information content (AvgIpc) is 2.87. The minimum Gasteiger partial charge on any atom is -0.477 e. The van der Waals surface area contributed by atoms with Gasteiger partial charge in [-0.25, -0.2) is 0 Å². The molecule has 3 rings (SSSR count). The van der Waals surface area contributed by atoms with Crippen LogP contribution < -0.4 is 15.4 Å². The summed E-state index contributed by atoms with van der Waals surface area (Å²) in [7, 11) is 0. The number of hydrogen-bond acceptors (Lipinski definition) is 3. The van der Waals surface area contributed by atoms with E-state index in [4.69, 9.17) is 4.74 Å². The number of ether oxygens (including phenoxy) is 1. The van der Waals surface area contributed by atoms with E-state index in [1.54, 1.807) is 0 Å². The van der Waals surface area contributed by atoms with E-state index < -0.39 is 6.10 Å². The van der Waals surface area contributed by atoms with Crippen LogP contribution in [0.1, 0.15) is 33.1 Å². The second kappa shape index (κ2) is 5.96. The molecule has 0 saturated heterocycles. The number of rotatable bonds is 3. The number of nitrogens with one attached hydrogen (secondary N) is 2. The zero-order valence-electron chi connectivity index (χ0n) is 12.8. The van der Waals surface area contributed by atoms with Crippen LogP contribution in [0.15, 0.2) is 24.3 Å². The molecule has 1 heterocycles. The number of carbonyl (C=O) groups is 1. The second-order valence-electron chi connectivity index (χ2n) is 6.20. The first-order chi connectivity index (χ1) is 10.2. The lowest BCUT2D eigenvalue weighted by Gasteiger charge is -2.28. The molecule has 1 amide bonds. The number of anilines is 1. The van der Waals surface area contributed by atoms with Crippen LogP contribution in [0.3, 0.4) is 0 Å². The molecule has 1 aliphatic heterocycles. The Kier molecular flexibility index (Phi) is 4.04. The molecule has 114 valence electrons. The molecule has 21 heavy (non-hydrogen) atoms. The van der Waals surface area contributed by atoms with Crippen LogP contribution >= 0.6 is 0 Å². The molecule has 0 bridgehead atoms.